The third-order valence-corrected chi connectivity index (χ3v) is 6.73. The van der Waals surface area contributed by atoms with Crippen molar-refractivity contribution >= 4 is 34.8 Å². The number of benzene rings is 1. The molecule has 5 rings (SSSR count). The first-order chi connectivity index (χ1) is 17.7. The molecule has 0 aliphatic carbocycles. The average Bonchev–Trinajstić information content (AvgIpc) is 3.41. The lowest BCUT2D eigenvalue weighted by Crippen LogP contribution is -2.36. The predicted octanol–water partition coefficient (Wildman–Crippen LogP) is 4.52. The van der Waals surface area contributed by atoms with Crippen molar-refractivity contribution in [2.75, 3.05) is 11.1 Å². The van der Waals surface area contributed by atoms with E-state index in [0.29, 0.717) is 5.56 Å². The third-order valence-electron chi connectivity index (χ3n) is 6.41. The zero-order chi connectivity index (χ0) is 27.6. The van der Waals surface area contributed by atoms with Gasteiger partial charge in [-0.1, -0.05) is 17.7 Å². The number of nitrogens with two attached hydrogens (primary N) is 1. The SMILES string of the molecule is C[C@@]1(c2ccc(Cl)c(O)c2)C(=O)Nc2nc(-c3cn4ccnc4c(CCC(F)(F)C(F)(F)F)n3)nc(N)c21. The second-order valence-corrected chi connectivity index (χ2v) is 9.24. The number of fused-ring (bicyclic) bond motifs is 2. The number of phenolic OH excluding ortho intramolecular Hbond substituents is 1. The Morgan fingerprint density at radius 3 is 2.61 bits per heavy atom. The van der Waals surface area contributed by atoms with E-state index in [4.69, 9.17) is 17.3 Å². The van der Waals surface area contributed by atoms with Gasteiger partial charge in [0, 0.05) is 25.0 Å². The van der Waals surface area contributed by atoms with Crippen LogP contribution in [-0.4, -0.2) is 47.4 Å². The van der Waals surface area contributed by atoms with E-state index in [9.17, 15) is 31.9 Å². The summed E-state index contributed by atoms with van der Waals surface area (Å²) in [4.78, 5) is 29.9. The predicted molar refractivity (Wildman–Crippen MR) is 126 cm³/mol. The highest BCUT2D eigenvalue weighted by Crippen LogP contribution is 2.46. The number of alkyl halides is 5. The summed E-state index contributed by atoms with van der Waals surface area (Å²) >= 11 is 5.89. The fourth-order valence-corrected chi connectivity index (χ4v) is 4.43. The van der Waals surface area contributed by atoms with Gasteiger partial charge in [0.05, 0.1) is 16.3 Å². The fourth-order valence-electron chi connectivity index (χ4n) is 4.31. The van der Waals surface area contributed by atoms with Crippen LogP contribution in [0.25, 0.3) is 17.2 Å². The first kappa shape index (κ1) is 25.6. The van der Waals surface area contributed by atoms with Crippen LogP contribution in [0.5, 0.6) is 5.75 Å². The molecule has 1 aliphatic heterocycles. The summed E-state index contributed by atoms with van der Waals surface area (Å²) in [6.45, 7) is 1.56. The average molecular weight is 554 g/mol. The number of nitrogen functional groups attached to an aromatic ring is 1. The number of aromatic hydroxyl groups is 1. The summed E-state index contributed by atoms with van der Waals surface area (Å²) in [6.07, 6.45) is -3.80. The van der Waals surface area contributed by atoms with Crippen molar-refractivity contribution in [3.05, 3.63) is 58.6 Å². The van der Waals surface area contributed by atoms with Crippen molar-refractivity contribution in [1.82, 2.24) is 24.3 Å². The highest BCUT2D eigenvalue weighted by molar-refractivity contribution is 6.32. The van der Waals surface area contributed by atoms with Gasteiger partial charge in [0.25, 0.3) is 0 Å². The molecule has 198 valence electrons. The van der Waals surface area contributed by atoms with Crippen molar-refractivity contribution in [3.63, 3.8) is 0 Å². The Bertz CT molecular complexity index is 1610. The minimum absolute atomic E-state index is 0.00214. The Labute approximate surface area is 215 Å². The number of anilines is 2. The molecule has 4 heterocycles. The van der Waals surface area contributed by atoms with Gasteiger partial charge in [0.2, 0.25) is 5.91 Å². The van der Waals surface area contributed by atoms with Crippen LogP contribution in [0.1, 0.15) is 30.2 Å². The van der Waals surface area contributed by atoms with Gasteiger partial charge in [-0.2, -0.15) is 22.0 Å². The largest absolute Gasteiger partial charge is 0.506 e. The third kappa shape index (κ3) is 3.95. The van der Waals surface area contributed by atoms with Gasteiger partial charge in [-0.3, -0.25) is 4.79 Å². The van der Waals surface area contributed by atoms with Crippen molar-refractivity contribution in [1.29, 1.82) is 0 Å². The van der Waals surface area contributed by atoms with Gasteiger partial charge in [0.1, 0.15) is 28.5 Å². The number of rotatable bonds is 5. The molecule has 0 radical (unpaired) electrons. The monoisotopic (exact) mass is 553 g/mol. The van der Waals surface area contributed by atoms with Crippen LogP contribution in [0, 0.1) is 0 Å². The van der Waals surface area contributed by atoms with E-state index in [-0.39, 0.29) is 50.8 Å². The highest BCUT2D eigenvalue weighted by Gasteiger charge is 2.56. The van der Waals surface area contributed by atoms with Crippen molar-refractivity contribution in [2.24, 2.45) is 0 Å². The molecular weight excluding hydrogens is 537 g/mol. The van der Waals surface area contributed by atoms with Crippen LogP contribution in [0.4, 0.5) is 33.6 Å². The van der Waals surface area contributed by atoms with Crippen LogP contribution < -0.4 is 11.1 Å². The highest BCUT2D eigenvalue weighted by atomic mass is 35.5. The Kier molecular flexibility index (Phi) is 5.71. The number of phenols is 1. The van der Waals surface area contributed by atoms with Crippen LogP contribution >= 0.6 is 11.6 Å². The Hall–Kier alpha value is -4.07. The van der Waals surface area contributed by atoms with Crippen LogP contribution in [0.2, 0.25) is 5.02 Å². The van der Waals surface area contributed by atoms with Gasteiger partial charge in [-0.25, -0.2) is 19.9 Å². The summed E-state index contributed by atoms with van der Waals surface area (Å²) in [6, 6.07) is 4.28. The first-order valence-corrected chi connectivity index (χ1v) is 11.4. The lowest BCUT2D eigenvalue weighted by molar-refractivity contribution is -0.284. The molecule has 4 aromatic rings. The van der Waals surface area contributed by atoms with E-state index in [1.165, 1.54) is 35.1 Å². The second kappa shape index (κ2) is 8.48. The van der Waals surface area contributed by atoms with E-state index in [2.05, 4.69) is 25.3 Å². The number of aromatic nitrogens is 5. The molecule has 4 N–H and O–H groups in total. The van der Waals surface area contributed by atoms with Crippen molar-refractivity contribution in [3.8, 4) is 17.3 Å². The number of halogens is 6. The molecule has 1 atom stereocenters. The van der Waals surface area contributed by atoms with Crippen LogP contribution in [0.3, 0.4) is 0 Å². The summed E-state index contributed by atoms with van der Waals surface area (Å²) in [7, 11) is 0. The summed E-state index contributed by atoms with van der Waals surface area (Å²) in [5.41, 5.74) is 5.40. The lowest BCUT2D eigenvalue weighted by atomic mass is 9.77. The zero-order valence-corrected chi connectivity index (χ0v) is 20.1. The van der Waals surface area contributed by atoms with Crippen molar-refractivity contribution < 1.29 is 31.9 Å². The maximum atomic E-state index is 13.6. The quantitative estimate of drug-likeness (QED) is 0.310. The molecule has 0 saturated carbocycles. The number of imidazole rings is 1. The Morgan fingerprint density at radius 2 is 1.92 bits per heavy atom. The van der Waals surface area contributed by atoms with E-state index >= 15 is 0 Å². The van der Waals surface area contributed by atoms with Gasteiger partial charge in [0.15, 0.2) is 11.5 Å². The summed E-state index contributed by atoms with van der Waals surface area (Å²) < 4.78 is 66.6. The molecular formula is C23H17ClF5N7O2. The molecule has 15 heteroatoms. The molecule has 1 aliphatic rings. The number of nitrogens with one attached hydrogen (secondary N) is 1. The van der Waals surface area contributed by atoms with Gasteiger partial charge < -0.3 is 20.6 Å². The normalized spacial score (nSPS) is 17.6. The fraction of sp³-hybridized carbons (Fsp3) is 0.261. The molecule has 0 fully saturated rings. The number of amides is 1. The minimum Gasteiger partial charge on any atom is -0.506 e. The van der Waals surface area contributed by atoms with E-state index in [1.807, 2.05) is 0 Å². The molecule has 3 aromatic heterocycles. The molecule has 1 amide bonds. The van der Waals surface area contributed by atoms with Crippen LogP contribution in [-0.2, 0) is 16.6 Å². The van der Waals surface area contributed by atoms with Crippen LogP contribution in [0.15, 0.2) is 36.8 Å². The number of nitrogens with zero attached hydrogens (tertiary/aromatic N) is 5. The minimum atomic E-state index is -5.71. The van der Waals surface area contributed by atoms with Gasteiger partial charge in [-0.05, 0) is 31.0 Å². The Morgan fingerprint density at radius 1 is 1.18 bits per heavy atom. The van der Waals surface area contributed by atoms with Crippen molar-refractivity contribution in [2.45, 2.75) is 37.3 Å². The summed E-state index contributed by atoms with van der Waals surface area (Å²) in [5, 5.41) is 12.8. The smallest absolute Gasteiger partial charge is 0.453 e. The number of carbonyl (C=O) groups is 1. The number of hydrogen-bond donors (Lipinski definition) is 3. The number of hydrogen-bond acceptors (Lipinski definition) is 7. The van der Waals surface area contributed by atoms with Gasteiger partial charge >= 0.3 is 12.1 Å². The molecule has 9 nitrogen and oxygen atoms in total. The van der Waals surface area contributed by atoms with Gasteiger partial charge in [-0.15, -0.1) is 0 Å². The van der Waals surface area contributed by atoms with E-state index in [1.54, 1.807) is 13.0 Å². The van der Waals surface area contributed by atoms with E-state index < -0.39 is 36.3 Å². The lowest BCUT2D eigenvalue weighted by Gasteiger charge is -2.23. The molecule has 38 heavy (non-hydrogen) atoms. The maximum Gasteiger partial charge on any atom is 0.453 e. The maximum absolute atomic E-state index is 13.6. The Balaban J connectivity index is 1.57. The molecule has 0 saturated heterocycles. The molecule has 0 unspecified atom stereocenters. The molecule has 1 aromatic carbocycles. The number of aryl methyl sites for hydroxylation is 1. The zero-order valence-electron chi connectivity index (χ0n) is 19.3. The molecule has 0 bridgehead atoms. The summed E-state index contributed by atoms with van der Waals surface area (Å²) in [5.74, 6) is -5.85. The van der Waals surface area contributed by atoms with E-state index in [0.717, 1.165) is 0 Å². The first-order valence-electron chi connectivity index (χ1n) is 11.0. The topological polar surface area (TPSA) is 131 Å². The standard InChI is InChI=1S/C23H17ClF5N7O2/c1-21(10-2-3-11(24)14(37)8-10)15-16(30)33-17(34-18(15)35-20(21)38)13-9-36-7-6-31-19(36)12(32-13)4-5-22(25,26)23(27,28)29/h2-3,6-9,37H,4-5H2,1H3,(H3,30,33,34,35,38)/t21-/m0/s1. The second-order valence-electron chi connectivity index (χ2n) is 8.83. The number of carbonyl (C=O) groups excluding carboxylic acids is 1. The molecule has 0 spiro atoms.